The van der Waals surface area contributed by atoms with Gasteiger partial charge in [-0.05, 0) is 24.3 Å². The van der Waals surface area contributed by atoms with E-state index in [1.807, 2.05) is 42.9 Å². The van der Waals surface area contributed by atoms with Gasteiger partial charge in [0.15, 0.2) is 0 Å². The molecule has 7 aromatic rings. The summed E-state index contributed by atoms with van der Waals surface area (Å²) < 4.78 is 6.89. The zero-order chi connectivity index (χ0) is 20.4. The predicted octanol–water partition coefficient (Wildman–Crippen LogP) is 6.32. The summed E-state index contributed by atoms with van der Waals surface area (Å²) in [5.41, 5.74) is 5.18. The summed E-state index contributed by atoms with van der Waals surface area (Å²) in [6.07, 6.45) is 7.06. The van der Waals surface area contributed by atoms with E-state index in [0.29, 0.717) is 5.71 Å². The second-order valence-electron chi connectivity index (χ2n) is 7.11. The number of hydrogen-bond acceptors (Lipinski definition) is 8. The molecule has 7 rings (SSSR count). The van der Waals surface area contributed by atoms with Crippen molar-refractivity contribution in [2.24, 2.45) is 0 Å². The Labute approximate surface area is 182 Å². The molecule has 0 N–H and O–H groups in total. The third-order valence-electron chi connectivity index (χ3n) is 5.21. The van der Waals surface area contributed by atoms with E-state index in [2.05, 4.69) is 38.1 Å². The summed E-state index contributed by atoms with van der Waals surface area (Å²) in [6.45, 7) is 0. The summed E-state index contributed by atoms with van der Waals surface area (Å²) in [5.74, 6) is 0. The molecule has 0 aliphatic heterocycles. The Morgan fingerprint density at radius 3 is 2.68 bits per heavy atom. The highest BCUT2D eigenvalue weighted by molar-refractivity contribution is 7.22. The van der Waals surface area contributed by atoms with Gasteiger partial charge in [0.1, 0.15) is 28.0 Å². The average Bonchev–Trinajstić information content (AvgIpc) is 3.52. The van der Waals surface area contributed by atoms with Gasteiger partial charge in [-0.15, -0.1) is 22.7 Å². The topological polar surface area (TPSA) is 77.6 Å². The van der Waals surface area contributed by atoms with Gasteiger partial charge in [-0.3, -0.25) is 4.98 Å². The summed E-state index contributed by atoms with van der Waals surface area (Å²) in [7, 11) is 0. The minimum atomic E-state index is 0.650. The first kappa shape index (κ1) is 17.0. The van der Waals surface area contributed by atoms with Gasteiger partial charge in [0.05, 0.1) is 21.3 Å². The Balaban J connectivity index is 1.35. The minimum Gasteiger partial charge on any atom is -0.438 e. The third-order valence-corrected chi connectivity index (χ3v) is 7.36. The molecule has 31 heavy (non-hydrogen) atoms. The Kier molecular flexibility index (Phi) is 3.49. The summed E-state index contributed by atoms with van der Waals surface area (Å²) in [5, 5.41) is 2.08. The first-order valence-electron chi connectivity index (χ1n) is 9.56. The molecular formula is C23H11N5OS2. The van der Waals surface area contributed by atoms with Crippen LogP contribution in [0, 0.1) is 0 Å². The van der Waals surface area contributed by atoms with E-state index in [4.69, 9.17) is 9.40 Å². The van der Waals surface area contributed by atoms with Crippen LogP contribution in [0.2, 0.25) is 0 Å². The fraction of sp³-hybridized carbons (Fsp3) is 0. The van der Waals surface area contributed by atoms with E-state index in [0.717, 1.165) is 57.9 Å². The molecule has 1 aromatic carbocycles. The Morgan fingerprint density at radius 1 is 0.774 bits per heavy atom. The zero-order valence-electron chi connectivity index (χ0n) is 15.8. The molecule has 0 unspecified atom stereocenters. The number of benzene rings is 1. The number of aromatic nitrogens is 5. The second kappa shape index (κ2) is 6.37. The maximum Gasteiger partial charge on any atom is 0.227 e. The van der Waals surface area contributed by atoms with E-state index in [1.54, 1.807) is 29.0 Å². The molecule has 0 radical (unpaired) electrons. The van der Waals surface area contributed by atoms with Gasteiger partial charge in [-0.2, -0.15) is 0 Å². The molecule has 0 bridgehead atoms. The highest BCUT2D eigenvalue weighted by atomic mass is 32.1. The maximum absolute atomic E-state index is 5.85. The van der Waals surface area contributed by atoms with E-state index >= 15 is 0 Å². The smallest absolute Gasteiger partial charge is 0.227 e. The lowest BCUT2D eigenvalue weighted by Crippen LogP contribution is -1.82. The normalized spacial score (nSPS) is 11.9. The molecule has 0 fully saturated rings. The molecule has 0 amide bonds. The largest absolute Gasteiger partial charge is 0.438 e. The fourth-order valence-corrected chi connectivity index (χ4v) is 5.64. The molecule has 8 heteroatoms. The molecule has 0 spiro atoms. The van der Waals surface area contributed by atoms with Crippen molar-refractivity contribution in [1.82, 2.24) is 24.9 Å². The summed E-state index contributed by atoms with van der Waals surface area (Å²) in [6, 6.07) is 14.2. The molecular weight excluding hydrogens is 426 g/mol. The molecule has 6 aromatic heterocycles. The highest BCUT2D eigenvalue weighted by Crippen LogP contribution is 2.37. The van der Waals surface area contributed by atoms with Crippen molar-refractivity contribution in [3.05, 3.63) is 67.4 Å². The van der Waals surface area contributed by atoms with Gasteiger partial charge in [0.25, 0.3) is 0 Å². The van der Waals surface area contributed by atoms with Crippen LogP contribution in [-0.2, 0) is 0 Å². The molecule has 0 saturated heterocycles. The lowest BCUT2D eigenvalue weighted by atomic mass is 10.1. The number of hydrogen-bond donors (Lipinski definition) is 0. The first-order chi connectivity index (χ1) is 15.3. The number of fused-ring (bicyclic) bond motifs is 5. The standard InChI is InChI=1S/C23H11N5OS2/c1-2-4-18-13(3-1)14-5-12(8-26-22(14)29-18)19-7-16-23(31-19)28-17(9-25-16)20-6-15-21(30-20)10-24-11-27-15/h1-11H. The Hall–Kier alpha value is -3.75. The number of rotatable bonds is 2. The highest BCUT2D eigenvalue weighted by Gasteiger charge is 2.14. The molecule has 6 heterocycles. The molecule has 0 saturated carbocycles. The molecule has 0 aliphatic rings. The fourth-order valence-electron chi connectivity index (χ4n) is 3.73. The number of para-hydroxylation sites is 1. The van der Waals surface area contributed by atoms with E-state index in [1.165, 1.54) is 0 Å². The molecule has 146 valence electrons. The monoisotopic (exact) mass is 437 g/mol. The van der Waals surface area contributed by atoms with Crippen molar-refractivity contribution in [1.29, 1.82) is 0 Å². The zero-order valence-corrected chi connectivity index (χ0v) is 17.4. The van der Waals surface area contributed by atoms with Gasteiger partial charge in [0, 0.05) is 33.6 Å². The van der Waals surface area contributed by atoms with Crippen LogP contribution in [-0.4, -0.2) is 24.9 Å². The van der Waals surface area contributed by atoms with Crippen molar-refractivity contribution in [3.63, 3.8) is 0 Å². The van der Waals surface area contributed by atoms with Crippen LogP contribution in [0.1, 0.15) is 0 Å². The lowest BCUT2D eigenvalue weighted by Gasteiger charge is -1.96. The quantitative estimate of drug-likeness (QED) is 0.315. The maximum atomic E-state index is 5.85. The average molecular weight is 438 g/mol. The van der Waals surface area contributed by atoms with Crippen LogP contribution in [0.4, 0.5) is 0 Å². The van der Waals surface area contributed by atoms with Crippen LogP contribution >= 0.6 is 22.7 Å². The third kappa shape index (κ3) is 2.66. The van der Waals surface area contributed by atoms with Gasteiger partial charge in [-0.25, -0.2) is 19.9 Å². The van der Waals surface area contributed by atoms with Gasteiger partial charge in [0.2, 0.25) is 5.71 Å². The van der Waals surface area contributed by atoms with E-state index in [9.17, 15) is 0 Å². The van der Waals surface area contributed by atoms with E-state index < -0.39 is 0 Å². The van der Waals surface area contributed by atoms with Crippen molar-refractivity contribution in [2.45, 2.75) is 0 Å². The van der Waals surface area contributed by atoms with Crippen molar-refractivity contribution < 1.29 is 4.42 Å². The van der Waals surface area contributed by atoms with Crippen LogP contribution in [0.15, 0.2) is 71.8 Å². The van der Waals surface area contributed by atoms with Crippen LogP contribution in [0.3, 0.4) is 0 Å². The minimum absolute atomic E-state index is 0.650. The number of pyridine rings is 1. The van der Waals surface area contributed by atoms with Gasteiger partial charge >= 0.3 is 0 Å². The number of nitrogens with zero attached hydrogens (tertiary/aromatic N) is 5. The number of thiophene rings is 2. The summed E-state index contributed by atoms with van der Waals surface area (Å²) >= 11 is 3.24. The van der Waals surface area contributed by atoms with Gasteiger partial charge < -0.3 is 4.42 Å². The Bertz CT molecular complexity index is 1730. The Morgan fingerprint density at radius 2 is 1.71 bits per heavy atom. The van der Waals surface area contributed by atoms with Crippen LogP contribution in [0.5, 0.6) is 0 Å². The predicted molar refractivity (Wildman–Crippen MR) is 124 cm³/mol. The SMILES string of the molecule is c1ccc2c(c1)oc1ncc(-c3cc4ncc(-c5cc6ncncc6s5)nc4s3)cc12. The lowest BCUT2D eigenvalue weighted by molar-refractivity contribution is 0.654. The molecule has 0 aliphatic carbocycles. The van der Waals surface area contributed by atoms with Crippen LogP contribution < -0.4 is 0 Å². The molecule has 0 atom stereocenters. The van der Waals surface area contributed by atoms with Crippen molar-refractivity contribution in [2.75, 3.05) is 0 Å². The second-order valence-corrected chi connectivity index (χ2v) is 9.23. The van der Waals surface area contributed by atoms with E-state index in [-0.39, 0.29) is 0 Å². The van der Waals surface area contributed by atoms with Crippen LogP contribution in [0.25, 0.3) is 63.6 Å². The first-order valence-corrected chi connectivity index (χ1v) is 11.2. The van der Waals surface area contributed by atoms with Gasteiger partial charge in [-0.1, -0.05) is 18.2 Å². The molecule has 6 nitrogen and oxygen atoms in total. The number of furan rings is 1. The summed E-state index contributed by atoms with van der Waals surface area (Å²) in [4.78, 5) is 25.5. The van der Waals surface area contributed by atoms with Crippen molar-refractivity contribution >= 4 is 65.3 Å². The van der Waals surface area contributed by atoms with Crippen molar-refractivity contribution in [3.8, 4) is 21.0 Å².